The van der Waals surface area contributed by atoms with Gasteiger partial charge in [0.05, 0.1) is 12.0 Å². The topological polar surface area (TPSA) is 107 Å². The molecule has 2 heterocycles. The number of sulfonamides is 1. The van der Waals surface area contributed by atoms with Gasteiger partial charge in [0.25, 0.3) is 15.9 Å². The maximum absolute atomic E-state index is 12.8. The summed E-state index contributed by atoms with van der Waals surface area (Å²) in [5.74, 6) is 1.36. The Hall–Kier alpha value is -3.27. The van der Waals surface area contributed by atoms with Crippen molar-refractivity contribution in [1.82, 2.24) is 4.90 Å². The summed E-state index contributed by atoms with van der Waals surface area (Å²) < 4.78 is 45.8. The van der Waals surface area contributed by atoms with Crippen molar-refractivity contribution in [2.45, 2.75) is 17.7 Å². The fourth-order valence-electron chi connectivity index (χ4n) is 3.44. The molecule has 0 spiro atoms. The van der Waals surface area contributed by atoms with Gasteiger partial charge in [-0.05, 0) is 36.8 Å². The number of amidine groups is 1. The van der Waals surface area contributed by atoms with Crippen molar-refractivity contribution in [3.63, 3.8) is 0 Å². The van der Waals surface area contributed by atoms with E-state index < -0.39 is 15.9 Å². The molecule has 0 saturated carbocycles. The molecule has 0 bridgehead atoms. The van der Waals surface area contributed by atoms with Gasteiger partial charge in [0.15, 0.2) is 11.5 Å². The fourth-order valence-corrected chi connectivity index (χ4v) is 4.58. The molecule has 9 nitrogen and oxygen atoms in total. The molecule has 2 aliphatic heterocycles. The van der Waals surface area contributed by atoms with Gasteiger partial charge in [0.1, 0.15) is 19.0 Å². The monoisotopic (exact) mass is 445 g/mol. The maximum atomic E-state index is 12.8. The van der Waals surface area contributed by atoms with Crippen LogP contribution in [0.5, 0.6) is 17.2 Å². The second-order valence-electron chi connectivity index (χ2n) is 7.19. The number of rotatable bonds is 5. The smallest absolute Gasteiger partial charge is 0.284 e. The van der Waals surface area contributed by atoms with Gasteiger partial charge in [-0.3, -0.25) is 4.79 Å². The third-order valence-corrected chi connectivity index (χ3v) is 6.34. The van der Waals surface area contributed by atoms with Crippen molar-refractivity contribution in [3.8, 4) is 17.2 Å². The number of benzene rings is 2. The molecule has 0 radical (unpaired) electrons. The second-order valence-corrected chi connectivity index (χ2v) is 8.80. The zero-order valence-corrected chi connectivity index (χ0v) is 18.1. The molecule has 31 heavy (non-hydrogen) atoms. The first-order chi connectivity index (χ1) is 14.9. The predicted octanol–water partition coefficient (Wildman–Crippen LogP) is 2.53. The number of fused-ring (bicyclic) bond motifs is 1. The predicted molar refractivity (Wildman–Crippen MR) is 115 cm³/mol. The molecular weight excluding hydrogens is 422 g/mol. The number of ether oxygens (including phenoxy) is 3. The Labute approximate surface area is 180 Å². The van der Waals surface area contributed by atoms with Crippen molar-refractivity contribution in [2.24, 2.45) is 4.40 Å². The van der Waals surface area contributed by atoms with Crippen LogP contribution in [0.4, 0.5) is 5.69 Å². The number of methoxy groups -OCH3 is 1. The van der Waals surface area contributed by atoms with E-state index in [0.29, 0.717) is 54.0 Å². The zero-order chi connectivity index (χ0) is 22.0. The molecule has 164 valence electrons. The summed E-state index contributed by atoms with van der Waals surface area (Å²) in [5.41, 5.74) is 0.627. The van der Waals surface area contributed by atoms with Gasteiger partial charge in [-0.25, -0.2) is 0 Å². The first-order valence-electron chi connectivity index (χ1n) is 9.81. The lowest BCUT2D eigenvalue weighted by atomic mass is 10.1. The van der Waals surface area contributed by atoms with Crippen molar-refractivity contribution >= 4 is 27.5 Å². The van der Waals surface area contributed by atoms with Crippen molar-refractivity contribution < 1.29 is 27.4 Å². The number of carbonyl (C=O) groups excluding carboxylic acids is 1. The Morgan fingerprint density at radius 3 is 2.74 bits per heavy atom. The molecule has 0 aliphatic carbocycles. The lowest BCUT2D eigenvalue weighted by molar-refractivity contribution is 0.102. The molecule has 10 heteroatoms. The number of likely N-dealkylation sites (tertiary alicyclic amines) is 1. The van der Waals surface area contributed by atoms with E-state index in [9.17, 15) is 13.2 Å². The van der Waals surface area contributed by atoms with Gasteiger partial charge in [-0.2, -0.15) is 8.42 Å². The lowest BCUT2D eigenvalue weighted by Crippen LogP contribution is -2.20. The van der Waals surface area contributed by atoms with Crippen molar-refractivity contribution in [1.29, 1.82) is 0 Å². The van der Waals surface area contributed by atoms with Gasteiger partial charge in [-0.15, -0.1) is 4.40 Å². The van der Waals surface area contributed by atoms with E-state index in [4.69, 9.17) is 14.2 Å². The van der Waals surface area contributed by atoms with E-state index in [-0.39, 0.29) is 4.90 Å². The van der Waals surface area contributed by atoms with Gasteiger partial charge < -0.3 is 24.4 Å². The Balaban J connectivity index is 1.57. The molecule has 1 saturated heterocycles. The van der Waals surface area contributed by atoms with E-state index in [0.717, 1.165) is 13.0 Å². The quantitative estimate of drug-likeness (QED) is 0.754. The van der Waals surface area contributed by atoms with Crippen molar-refractivity contribution in [3.05, 3.63) is 42.0 Å². The van der Waals surface area contributed by atoms with Crippen LogP contribution < -0.4 is 19.5 Å². The minimum Gasteiger partial charge on any atom is -0.493 e. The maximum Gasteiger partial charge on any atom is 0.284 e. The van der Waals surface area contributed by atoms with Crippen molar-refractivity contribution in [2.75, 3.05) is 39.2 Å². The Morgan fingerprint density at radius 1 is 1.19 bits per heavy atom. The third-order valence-electron chi connectivity index (χ3n) is 5.04. The molecule has 4 rings (SSSR count). The van der Waals surface area contributed by atoms with Crippen LogP contribution in [0.2, 0.25) is 0 Å². The normalized spacial score (nSPS) is 17.0. The fraction of sp³-hybridized carbons (Fsp3) is 0.333. The molecule has 2 aliphatic rings. The van der Waals surface area contributed by atoms with E-state index in [1.165, 1.54) is 19.2 Å². The van der Waals surface area contributed by atoms with Crippen LogP contribution in [-0.4, -0.2) is 59.0 Å². The van der Waals surface area contributed by atoms with E-state index in [1.807, 2.05) is 11.9 Å². The van der Waals surface area contributed by atoms with Crippen LogP contribution in [0.15, 0.2) is 45.7 Å². The minimum atomic E-state index is -3.88. The molecule has 1 amide bonds. The van der Waals surface area contributed by atoms with Crippen LogP contribution in [0.3, 0.4) is 0 Å². The number of nitrogens with zero attached hydrogens (tertiary/aromatic N) is 2. The SMILES string of the molecule is COc1cc(C(=O)Nc2cccc(S(=O)(=O)/N=C3/CCCN3C)c2)cc2c1OCCO2. The first-order valence-corrected chi connectivity index (χ1v) is 11.3. The highest BCUT2D eigenvalue weighted by molar-refractivity contribution is 7.90. The zero-order valence-electron chi connectivity index (χ0n) is 17.3. The largest absolute Gasteiger partial charge is 0.493 e. The van der Waals surface area contributed by atoms with E-state index in [2.05, 4.69) is 9.71 Å². The van der Waals surface area contributed by atoms with Crippen LogP contribution in [0.1, 0.15) is 23.2 Å². The highest BCUT2D eigenvalue weighted by atomic mass is 32.2. The standard InChI is InChI=1S/C21H23N3O6S/c1-24-8-4-7-19(24)23-31(26,27)16-6-3-5-15(13-16)22-21(25)14-11-17(28-2)20-18(12-14)29-9-10-30-20/h3,5-6,11-13H,4,7-10H2,1-2H3,(H,22,25)/b23-19-. The summed E-state index contributed by atoms with van der Waals surface area (Å²) in [7, 11) is -0.586. The first kappa shape index (κ1) is 21.0. The van der Waals surface area contributed by atoms with Gasteiger partial charge in [0.2, 0.25) is 5.75 Å². The Morgan fingerprint density at radius 2 is 2.00 bits per heavy atom. The number of anilines is 1. The summed E-state index contributed by atoms with van der Waals surface area (Å²) in [6, 6.07) is 9.13. The Bertz CT molecular complexity index is 1130. The third kappa shape index (κ3) is 4.43. The Kier molecular flexibility index (Phi) is 5.73. The molecule has 2 aromatic rings. The number of hydrogen-bond acceptors (Lipinski definition) is 6. The summed E-state index contributed by atoms with van der Waals surface area (Å²) >= 11 is 0. The van der Waals surface area contributed by atoms with E-state index >= 15 is 0 Å². The van der Waals surface area contributed by atoms with E-state index in [1.54, 1.807) is 24.3 Å². The molecular formula is C21H23N3O6S. The molecule has 0 atom stereocenters. The van der Waals surface area contributed by atoms with Gasteiger partial charge in [0, 0.05) is 31.3 Å². The van der Waals surface area contributed by atoms with Gasteiger partial charge >= 0.3 is 0 Å². The van der Waals surface area contributed by atoms with Gasteiger partial charge in [-0.1, -0.05) is 6.07 Å². The highest BCUT2D eigenvalue weighted by Crippen LogP contribution is 2.40. The second kappa shape index (κ2) is 8.46. The molecule has 2 aromatic carbocycles. The number of carbonyl (C=O) groups is 1. The average molecular weight is 445 g/mol. The number of nitrogens with one attached hydrogen (secondary N) is 1. The molecule has 0 unspecified atom stereocenters. The summed E-state index contributed by atoms with van der Waals surface area (Å²) in [6.45, 7) is 1.55. The lowest BCUT2D eigenvalue weighted by Gasteiger charge is -2.21. The van der Waals surface area contributed by atoms with Crippen LogP contribution in [0.25, 0.3) is 0 Å². The molecule has 1 N–H and O–H groups in total. The average Bonchev–Trinajstić information content (AvgIpc) is 3.16. The number of amides is 1. The summed E-state index contributed by atoms with van der Waals surface area (Å²) in [6.07, 6.45) is 1.50. The van der Waals surface area contributed by atoms with Crippen LogP contribution in [0, 0.1) is 0 Å². The molecule has 1 fully saturated rings. The highest BCUT2D eigenvalue weighted by Gasteiger charge is 2.23. The summed E-state index contributed by atoms with van der Waals surface area (Å²) in [4.78, 5) is 14.6. The number of hydrogen-bond donors (Lipinski definition) is 1. The van der Waals surface area contributed by atoms with Crippen LogP contribution in [-0.2, 0) is 10.0 Å². The summed E-state index contributed by atoms with van der Waals surface area (Å²) in [5, 5.41) is 2.72. The van der Waals surface area contributed by atoms with Crippen LogP contribution >= 0.6 is 0 Å². The molecule has 0 aromatic heterocycles. The minimum absolute atomic E-state index is 0.0119.